The van der Waals surface area contributed by atoms with Gasteiger partial charge in [0.15, 0.2) is 11.5 Å². The molecule has 1 atom stereocenters. The van der Waals surface area contributed by atoms with E-state index in [-0.39, 0.29) is 25.1 Å². The molecule has 0 spiro atoms. The first-order valence-corrected chi connectivity index (χ1v) is 11.2. The summed E-state index contributed by atoms with van der Waals surface area (Å²) in [6.07, 6.45) is -0.806. The van der Waals surface area contributed by atoms with Gasteiger partial charge >= 0.3 is 6.01 Å². The Kier molecular flexibility index (Phi) is 6.67. The average molecular weight is 451 g/mol. The normalized spacial score (nSPS) is 15.8. The zero-order valence-corrected chi connectivity index (χ0v) is 19.2. The van der Waals surface area contributed by atoms with E-state index in [1.54, 1.807) is 16.5 Å². The van der Waals surface area contributed by atoms with Gasteiger partial charge in [0.1, 0.15) is 5.75 Å². The number of amides is 1. The molecule has 1 aliphatic rings. The van der Waals surface area contributed by atoms with Crippen LogP contribution in [-0.2, 0) is 6.54 Å². The Morgan fingerprint density at radius 1 is 1.09 bits per heavy atom. The number of aliphatic hydroxyl groups excluding tert-OH is 2. The first kappa shape index (κ1) is 22.8. The number of aliphatic hydroxyl groups is 2. The Bertz CT molecular complexity index is 1100. The van der Waals surface area contributed by atoms with Crippen LogP contribution < -0.4 is 9.64 Å². The topological polar surface area (TPSA) is 91.1 Å². The van der Waals surface area contributed by atoms with Crippen LogP contribution in [0.4, 0.5) is 5.82 Å². The fourth-order valence-electron chi connectivity index (χ4n) is 3.91. The minimum atomic E-state index is -1.17. The van der Waals surface area contributed by atoms with Gasteiger partial charge in [-0.1, -0.05) is 56.3 Å². The minimum Gasteiger partial charge on any atom is -0.425 e. The van der Waals surface area contributed by atoms with Gasteiger partial charge in [0, 0.05) is 20.2 Å². The number of aromatic nitrogens is 2. The van der Waals surface area contributed by atoms with Crippen molar-refractivity contribution in [3.63, 3.8) is 0 Å². The van der Waals surface area contributed by atoms with Crippen LogP contribution in [0.1, 0.15) is 47.8 Å². The van der Waals surface area contributed by atoms with Gasteiger partial charge in [-0.25, -0.2) is 0 Å². The Labute approximate surface area is 193 Å². The number of carbonyl (C=O) groups is 1. The molecule has 3 aromatic rings. The van der Waals surface area contributed by atoms with E-state index in [0.29, 0.717) is 36.1 Å². The van der Waals surface area contributed by atoms with Crippen LogP contribution in [0.25, 0.3) is 0 Å². The number of hydrogen-bond acceptors (Lipinski definition) is 6. The highest BCUT2D eigenvalue weighted by molar-refractivity contribution is 5.99. The summed E-state index contributed by atoms with van der Waals surface area (Å²) in [7, 11) is 1.68. The van der Waals surface area contributed by atoms with Crippen molar-refractivity contribution in [1.82, 2.24) is 14.5 Å². The third-order valence-corrected chi connectivity index (χ3v) is 5.83. The molecule has 0 fully saturated rings. The fourth-order valence-corrected chi connectivity index (χ4v) is 3.91. The Morgan fingerprint density at radius 3 is 2.42 bits per heavy atom. The molecule has 1 aliphatic heterocycles. The van der Waals surface area contributed by atoms with E-state index in [2.05, 4.69) is 18.8 Å². The highest BCUT2D eigenvalue weighted by atomic mass is 16.5. The monoisotopic (exact) mass is 450 g/mol. The SMILES string of the molecule is CC(C)c1ccc(Oc2nc3c(n2Cc2ccccc2)C(=O)N(CCCO)C(O)N3C)cc1. The predicted octanol–water partition coefficient (Wildman–Crippen LogP) is 3.40. The van der Waals surface area contributed by atoms with Gasteiger partial charge in [-0.15, -0.1) is 0 Å². The van der Waals surface area contributed by atoms with Gasteiger partial charge < -0.3 is 19.8 Å². The lowest BCUT2D eigenvalue weighted by Crippen LogP contribution is -2.54. The molecule has 0 radical (unpaired) electrons. The smallest absolute Gasteiger partial charge is 0.304 e. The van der Waals surface area contributed by atoms with E-state index < -0.39 is 6.35 Å². The number of anilines is 1. The van der Waals surface area contributed by atoms with Crippen LogP contribution in [0.15, 0.2) is 54.6 Å². The zero-order chi connectivity index (χ0) is 23.5. The maximum absolute atomic E-state index is 13.4. The first-order valence-electron chi connectivity index (χ1n) is 11.2. The summed E-state index contributed by atoms with van der Waals surface area (Å²) >= 11 is 0. The number of nitrogens with zero attached hydrogens (tertiary/aromatic N) is 4. The lowest BCUT2D eigenvalue weighted by molar-refractivity contribution is 0.00112. The molecule has 1 unspecified atom stereocenters. The third-order valence-electron chi connectivity index (χ3n) is 5.83. The molecule has 8 heteroatoms. The summed E-state index contributed by atoms with van der Waals surface area (Å²) in [5.74, 6) is 1.03. The summed E-state index contributed by atoms with van der Waals surface area (Å²) in [6, 6.07) is 17.9. The lowest BCUT2D eigenvalue weighted by Gasteiger charge is -2.38. The summed E-state index contributed by atoms with van der Waals surface area (Å²) in [4.78, 5) is 20.9. The average Bonchev–Trinajstić information content (AvgIpc) is 3.16. The maximum atomic E-state index is 13.4. The predicted molar refractivity (Wildman–Crippen MR) is 126 cm³/mol. The van der Waals surface area contributed by atoms with E-state index in [1.165, 1.54) is 10.5 Å². The highest BCUT2D eigenvalue weighted by Crippen LogP contribution is 2.35. The Hall–Kier alpha value is -3.36. The molecule has 33 heavy (non-hydrogen) atoms. The Morgan fingerprint density at radius 2 is 1.79 bits per heavy atom. The summed E-state index contributed by atoms with van der Waals surface area (Å²) in [6.45, 7) is 4.80. The van der Waals surface area contributed by atoms with E-state index >= 15 is 0 Å². The zero-order valence-electron chi connectivity index (χ0n) is 19.2. The second kappa shape index (κ2) is 9.64. The number of imidazole rings is 1. The van der Waals surface area contributed by atoms with Crippen molar-refractivity contribution in [3.8, 4) is 11.8 Å². The van der Waals surface area contributed by atoms with Crippen LogP contribution in [0.5, 0.6) is 11.8 Å². The molecule has 2 N–H and O–H groups in total. The maximum Gasteiger partial charge on any atom is 0.304 e. The second-order valence-corrected chi connectivity index (χ2v) is 8.50. The molecule has 8 nitrogen and oxygen atoms in total. The van der Waals surface area contributed by atoms with E-state index in [0.717, 1.165) is 5.56 Å². The molecule has 1 aromatic heterocycles. The van der Waals surface area contributed by atoms with Gasteiger partial charge in [-0.2, -0.15) is 4.98 Å². The fraction of sp³-hybridized carbons (Fsp3) is 0.360. The molecule has 2 aromatic carbocycles. The van der Waals surface area contributed by atoms with Crippen molar-refractivity contribution in [3.05, 3.63) is 71.4 Å². The Balaban J connectivity index is 1.76. The minimum absolute atomic E-state index is 0.0723. The standard InChI is InChI=1S/C25H30N4O4/c1-17(2)19-10-12-20(13-11-19)33-24-26-22-21(29(24)16-18-8-5-4-6-9-18)23(31)28(14-7-15-30)25(32)27(22)3/h4-6,8-13,17,25,30,32H,7,14-16H2,1-3H3. The molecule has 174 valence electrons. The summed E-state index contributed by atoms with van der Waals surface area (Å²) in [5.41, 5.74) is 2.53. The molecular weight excluding hydrogens is 420 g/mol. The quantitative estimate of drug-likeness (QED) is 0.547. The number of hydrogen-bond donors (Lipinski definition) is 2. The van der Waals surface area contributed by atoms with Crippen LogP contribution in [-0.4, -0.2) is 57.1 Å². The molecule has 0 saturated heterocycles. The van der Waals surface area contributed by atoms with E-state index in [1.807, 2.05) is 54.6 Å². The number of benzene rings is 2. The first-order chi connectivity index (χ1) is 15.9. The number of rotatable bonds is 8. The largest absolute Gasteiger partial charge is 0.425 e. The summed E-state index contributed by atoms with van der Waals surface area (Å²) < 4.78 is 7.90. The van der Waals surface area contributed by atoms with E-state index in [9.17, 15) is 15.0 Å². The van der Waals surface area contributed by atoms with Crippen molar-refractivity contribution in [2.45, 2.75) is 39.1 Å². The van der Waals surface area contributed by atoms with Crippen LogP contribution in [0.2, 0.25) is 0 Å². The van der Waals surface area contributed by atoms with Gasteiger partial charge in [-0.3, -0.25) is 14.3 Å². The van der Waals surface area contributed by atoms with Crippen LogP contribution in [0.3, 0.4) is 0 Å². The molecule has 1 amide bonds. The third kappa shape index (κ3) is 4.58. The van der Waals surface area contributed by atoms with Crippen LogP contribution >= 0.6 is 0 Å². The summed E-state index contributed by atoms with van der Waals surface area (Å²) in [5, 5.41) is 19.9. The van der Waals surface area contributed by atoms with Crippen molar-refractivity contribution in [2.24, 2.45) is 0 Å². The lowest BCUT2D eigenvalue weighted by atomic mass is 10.0. The molecule has 0 saturated carbocycles. The van der Waals surface area contributed by atoms with Crippen molar-refractivity contribution >= 4 is 11.7 Å². The van der Waals surface area contributed by atoms with Gasteiger partial charge in [-0.05, 0) is 35.6 Å². The van der Waals surface area contributed by atoms with Crippen molar-refractivity contribution in [1.29, 1.82) is 0 Å². The molecule has 2 heterocycles. The van der Waals surface area contributed by atoms with Crippen LogP contribution in [0, 0.1) is 0 Å². The van der Waals surface area contributed by atoms with Gasteiger partial charge in [0.25, 0.3) is 5.91 Å². The molecule has 4 rings (SSSR count). The highest BCUT2D eigenvalue weighted by Gasteiger charge is 2.40. The number of carbonyl (C=O) groups excluding carboxylic acids is 1. The number of fused-ring (bicyclic) bond motifs is 1. The van der Waals surface area contributed by atoms with Gasteiger partial charge in [0.2, 0.25) is 6.35 Å². The van der Waals surface area contributed by atoms with Crippen molar-refractivity contribution < 1.29 is 19.7 Å². The van der Waals surface area contributed by atoms with E-state index in [4.69, 9.17) is 4.74 Å². The second-order valence-electron chi connectivity index (χ2n) is 8.50. The molecular formula is C25H30N4O4. The number of ether oxygens (including phenoxy) is 1. The van der Waals surface area contributed by atoms with Gasteiger partial charge in [0.05, 0.1) is 6.54 Å². The molecule has 0 bridgehead atoms. The van der Waals surface area contributed by atoms with Crippen molar-refractivity contribution in [2.75, 3.05) is 25.1 Å². The molecule has 0 aliphatic carbocycles.